The minimum absolute atomic E-state index is 0.0286. The molecule has 0 saturated heterocycles. The number of imidazole rings is 1. The molecule has 0 bridgehead atoms. The standard InChI is InChI=1S/C26H27ClN4O/c1-18(28-22-12-9-19(10-13-22)15-25(32)30(2)3)26-29-23-16-21(27)11-14-24(23)31(26)17-20-7-5-4-6-8-20/h4-14,16,18,28H,15,17H2,1-3H3. The van der Waals surface area contributed by atoms with Gasteiger partial charge in [-0.1, -0.05) is 54.1 Å². The molecular formula is C26H27ClN4O. The van der Waals surface area contributed by atoms with Gasteiger partial charge in [0.2, 0.25) is 5.91 Å². The van der Waals surface area contributed by atoms with E-state index >= 15 is 0 Å². The van der Waals surface area contributed by atoms with Crippen molar-refractivity contribution < 1.29 is 4.79 Å². The van der Waals surface area contributed by atoms with Crippen LogP contribution in [0, 0.1) is 0 Å². The molecular weight excluding hydrogens is 420 g/mol. The van der Waals surface area contributed by atoms with E-state index in [9.17, 15) is 4.79 Å². The number of carbonyl (C=O) groups is 1. The first-order chi connectivity index (χ1) is 15.4. The van der Waals surface area contributed by atoms with Crippen molar-refractivity contribution in [1.29, 1.82) is 0 Å². The fourth-order valence-corrected chi connectivity index (χ4v) is 3.92. The quantitative estimate of drug-likeness (QED) is 0.405. The van der Waals surface area contributed by atoms with Gasteiger partial charge in [0.05, 0.1) is 23.5 Å². The number of benzene rings is 3. The van der Waals surface area contributed by atoms with Crippen molar-refractivity contribution in [3.05, 3.63) is 94.8 Å². The van der Waals surface area contributed by atoms with E-state index in [0.29, 0.717) is 11.4 Å². The van der Waals surface area contributed by atoms with Crippen LogP contribution >= 0.6 is 11.6 Å². The summed E-state index contributed by atoms with van der Waals surface area (Å²) in [6, 6.07) is 24.2. The van der Waals surface area contributed by atoms with Crippen molar-refractivity contribution >= 4 is 34.2 Å². The number of fused-ring (bicyclic) bond motifs is 1. The summed E-state index contributed by atoms with van der Waals surface area (Å²) in [5.74, 6) is 1.03. The molecule has 0 spiro atoms. The second kappa shape index (κ2) is 9.45. The minimum Gasteiger partial charge on any atom is -0.375 e. The number of carbonyl (C=O) groups excluding carboxylic acids is 1. The van der Waals surface area contributed by atoms with Crippen LogP contribution in [0.5, 0.6) is 0 Å². The Kier molecular flexibility index (Phi) is 6.47. The average Bonchev–Trinajstić information content (AvgIpc) is 3.13. The van der Waals surface area contributed by atoms with Crippen molar-refractivity contribution in [1.82, 2.24) is 14.5 Å². The first kappa shape index (κ1) is 21.9. The van der Waals surface area contributed by atoms with Gasteiger partial charge in [0.25, 0.3) is 0 Å². The number of rotatable bonds is 7. The maximum Gasteiger partial charge on any atom is 0.226 e. The van der Waals surface area contributed by atoms with Crippen molar-refractivity contribution in [2.75, 3.05) is 19.4 Å². The first-order valence-corrected chi connectivity index (χ1v) is 11.0. The summed E-state index contributed by atoms with van der Waals surface area (Å²) >= 11 is 6.23. The molecule has 1 unspecified atom stereocenters. The zero-order valence-electron chi connectivity index (χ0n) is 18.5. The lowest BCUT2D eigenvalue weighted by Crippen LogP contribution is -2.23. The van der Waals surface area contributed by atoms with Gasteiger partial charge in [-0.15, -0.1) is 0 Å². The molecule has 1 amide bonds. The minimum atomic E-state index is -0.0286. The number of hydrogen-bond donors (Lipinski definition) is 1. The lowest BCUT2D eigenvalue weighted by Gasteiger charge is -2.18. The summed E-state index contributed by atoms with van der Waals surface area (Å²) in [4.78, 5) is 18.5. The van der Waals surface area contributed by atoms with Crippen LogP contribution in [0.1, 0.15) is 29.9 Å². The maximum atomic E-state index is 11.9. The summed E-state index contributed by atoms with van der Waals surface area (Å²) in [5, 5.41) is 4.23. The van der Waals surface area contributed by atoms with Gasteiger partial charge >= 0.3 is 0 Å². The van der Waals surface area contributed by atoms with Gasteiger partial charge in [-0.05, 0) is 48.4 Å². The van der Waals surface area contributed by atoms with Crippen LogP contribution in [0.25, 0.3) is 11.0 Å². The van der Waals surface area contributed by atoms with E-state index < -0.39 is 0 Å². The third-order valence-electron chi connectivity index (χ3n) is 5.50. The number of aromatic nitrogens is 2. The summed E-state index contributed by atoms with van der Waals surface area (Å²) in [7, 11) is 3.54. The highest BCUT2D eigenvalue weighted by Crippen LogP contribution is 2.27. The molecule has 1 N–H and O–H groups in total. The van der Waals surface area contributed by atoms with E-state index in [0.717, 1.165) is 34.7 Å². The normalized spacial score (nSPS) is 12.0. The fraction of sp³-hybridized carbons (Fsp3) is 0.231. The highest BCUT2D eigenvalue weighted by atomic mass is 35.5. The Bertz CT molecular complexity index is 1220. The molecule has 0 aliphatic carbocycles. The van der Waals surface area contributed by atoms with E-state index in [1.165, 1.54) is 5.56 Å². The van der Waals surface area contributed by atoms with Crippen LogP contribution in [-0.2, 0) is 17.8 Å². The Balaban J connectivity index is 1.59. The number of nitrogens with zero attached hydrogens (tertiary/aromatic N) is 3. The van der Waals surface area contributed by atoms with Crippen LogP contribution in [0.2, 0.25) is 5.02 Å². The second-order valence-corrected chi connectivity index (χ2v) is 8.64. The summed E-state index contributed by atoms with van der Waals surface area (Å²) in [5.41, 5.74) is 5.13. The second-order valence-electron chi connectivity index (χ2n) is 8.20. The average molecular weight is 447 g/mol. The largest absolute Gasteiger partial charge is 0.375 e. The lowest BCUT2D eigenvalue weighted by molar-refractivity contribution is -0.127. The maximum absolute atomic E-state index is 11.9. The Labute approximate surface area is 193 Å². The Morgan fingerprint density at radius 2 is 1.75 bits per heavy atom. The molecule has 0 fully saturated rings. The number of nitrogens with one attached hydrogen (secondary N) is 1. The van der Waals surface area contributed by atoms with Gasteiger partial charge in [0.1, 0.15) is 5.82 Å². The smallest absolute Gasteiger partial charge is 0.226 e. The molecule has 32 heavy (non-hydrogen) atoms. The van der Waals surface area contributed by atoms with Crippen LogP contribution in [0.15, 0.2) is 72.8 Å². The van der Waals surface area contributed by atoms with Gasteiger partial charge in [-0.2, -0.15) is 0 Å². The Morgan fingerprint density at radius 3 is 2.44 bits per heavy atom. The molecule has 3 aromatic carbocycles. The molecule has 1 heterocycles. The third kappa shape index (κ3) is 4.94. The number of anilines is 1. The molecule has 5 nitrogen and oxygen atoms in total. The highest BCUT2D eigenvalue weighted by molar-refractivity contribution is 6.31. The number of hydrogen-bond acceptors (Lipinski definition) is 3. The lowest BCUT2D eigenvalue weighted by atomic mass is 10.1. The van der Waals surface area contributed by atoms with Gasteiger partial charge < -0.3 is 14.8 Å². The topological polar surface area (TPSA) is 50.2 Å². The van der Waals surface area contributed by atoms with Crippen molar-refractivity contribution in [2.24, 2.45) is 0 Å². The molecule has 6 heteroatoms. The van der Waals surface area contributed by atoms with Crippen LogP contribution in [0.3, 0.4) is 0 Å². The van der Waals surface area contributed by atoms with E-state index in [2.05, 4.69) is 41.1 Å². The predicted octanol–water partition coefficient (Wildman–Crippen LogP) is 5.54. The number of halogens is 1. The predicted molar refractivity (Wildman–Crippen MR) is 131 cm³/mol. The monoisotopic (exact) mass is 446 g/mol. The Morgan fingerprint density at radius 1 is 1.03 bits per heavy atom. The SMILES string of the molecule is CC(Nc1ccc(CC(=O)N(C)C)cc1)c1nc2cc(Cl)ccc2n1Cc1ccccc1. The van der Waals surface area contributed by atoms with E-state index in [-0.39, 0.29) is 11.9 Å². The Hall–Kier alpha value is -3.31. The fourth-order valence-electron chi connectivity index (χ4n) is 3.75. The van der Waals surface area contributed by atoms with E-state index in [1.807, 2.05) is 48.5 Å². The zero-order valence-corrected chi connectivity index (χ0v) is 19.3. The molecule has 1 aromatic heterocycles. The van der Waals surface area contributed by atoms with Crippen molar-refractivity contribution in [2.45, 2.75) is 25.9 Å². The first-order valence-electron chi connectivity index (χ1n) is 10.7. The van der Waals surface area contributed by atoms with Gasteiger partial charge in [0.15, 0.2) is 0 Å². The number of amides is 1. The van der Waals surface area contributed by atoms with E-state index in [1.54, 1.807) is 19.0 Å². The van der Waals surface area contributed by atoms with Gasteiger partial charge in [-0.25, -0.2) is 4.98 Å². The van der Waals surface area contributed by atoms with Gasteiger partial charge in [-0.3, -0.25) is 4.79 Å². The van der Waals surface area contributed by atoms with Crippen LogP contribution in [0.4, 0.5) is 5.69 Å². The summed E-state index contributed by atoms with van der Waals surface area (Å²) in [6.45, 7) is 2.83. The molecule has 0 saturated carbocycles. The van der Waals surface area contributed by atoms with Crippen LogP contribution < -0.4 is 5.32 Å². The van der Waals surface area contributed by atoms with Crippen LogP contribution in [-0.4, -0.2) is 34.5 Å². The molecule has 1 atom stereocenters. The molecule has 0 aliphatic heterocycles. The summed E-state index contributed by atoms with van der Waals surface area (Å²) in [6.07, 6.45) is 0.399. The van der Waals surface area contributed by atoms with E-state index in [4.69, 9.17) is 16.6 Å². The van der Waals surface area contributed by atoms with Crippen molar-refractivity contribution in [3.8, 4) is 0 Å². The molecule has 4 aromatic rings. The van der Waals surface area contributed by atoms with Gasteiger partial charge in [0, 0.05) is 31.4 Å². The molecule has 0 aliphatic rings. The molecule has 4 rings (SSSR count). The molecule has 0 radical (unpaired) electrons. The third-order valence-corrected chi connectivity index (χ3v) is 5.74. The number of likely N-dealkylation sites (N-methyl/N-ethyl adjacent to an activating group) is 1. The van der Waals surface area contributed by atoms with Crippen molar-refractivity contribution in [3.63, 3.8) is 0 Å². The summed E-state index contributed by atoms with van der Waals surface area (Å²) < 4.78 is 2.24. The molecule has 164 valence electrons. The zero-order chi connectivity index (χ0) is 22.7. The highest BCUT2D eigenvalue weighted by Gasteiger charge is 2.17.